The van der Waals surface area contributed by atoms with Gasteiger partial charge in [0.15, 0.2) is 17.3 Å². The van der Waals surface area contributed by atoms with Crippen molar-refractivity contribution >= 4 is 22.4 Å². The fourth-order valence-electron chi connectivity index (χ4n) is 3.53. The van der Waals surface area contributed by atoms with E-state index in [0.717, 1.165) is 16.7 Å². The number of aromatic nitrogens is 3. The van der Waals surface area contributed by atoms with Crippen LogP contribution in [-0.2, 0) is 6.61 Å². The number of benzene rings is 3. The molecule has 0 aliphatic rings. The van der Waals surface area contributed by atoms with Crippen molar-refractivity contribution in [3.05, 3.63) is 104 Å². The average Bonchev–Trinajstić information content (AvgIpc) is 3.40. The first-order valence-corrected chi connectivity index (χ1v) is 11.3. The number of methoxy groups -OCH3 is 1. The van der Waals surface area contributed by atoms with E-state index in [1.54, 1.807) is 11.5 Å². The minimum atomic E-state index is -0.141. The number of aryl methyl sites for hydroxylation is 1. The van der Waals surface area contributed by atoms with Gasteiger partial charge in [-0.25, -0.2) is 4.40 Å². The highest BCUT2D eigenvalue weighted by Crippen LogP contribution is 2.29. The van der Waals surface area contributed by atoms with E-state index >= 15 is 0 Å². The molecule has 0 saturated carbocycles. The summed E-state index contributed by atoms with van der Waals surface area (Å²) in [7, 11) is 1.61. The zero-order valence-corrected chi connectivity index (χ0v) is 19.0. The molecule has 33 heavy (non-hydrogen) atoms. The van der Waals surface area contributed by atoms with Gasteiger partial charge >= 0.3 is 0 Å². The second-order valence-corrected chi connectivity index (χ2v) is 8.62. The van der Waals surface area contributed by atoms with Gasteiger partial charge in [0.1, 0.15) is 6.61 Å². The lowest BCUT2D eigenvalue weighted by molar-refractivity contribution is 0.284. The van der Waals surface area contributed by atoms with Crippen molar-refractivity contribution < 1.29 is 9.47 Å². The Kier molecular flexibility index (Phi) is 5.62. The van der Waals surface area contributed by atoms with Gasteiger partial charge in [-0.2, -0.15) is 0 Å². The van der Waals surface area contributed by atoms with E-state index in [1.165, 1.54) is 16.9 Å². The standard InChI is InChI=1S/C26H21N3O3S/c1-17-8-10-18(11-9-17)16-32-21-13-12-19(14-22(21)31-2)15-23-25(30)29-24(27-28-26(29)33-23)20-6-4-3-5-7-20/h3-15H,16H2,1-2H3/b23-15+. The first-order chi connectivity index (χ1) is 16.1. The van der Waals surface area contributed by atoms with Gasteiger partial charge in [-0.15, -0.1) is 10.2 Å². The molecular weight excluding hydrogens is 434 g/mol. The zero-order valence-electron chi connectivity index (χ0n) is 18.2. The monoisotopic (exact) mass is 455 g/mol. The summed E-state index contributed by atoms with van der Waals surface area (Å²) in [6.07, 6.45) is 1.84. The Morgan fingerprint density at radius 1 is 0.970 bits per heavy atom. The normalized spacial score (nSPS) is 11.8. The summed E-state index contributed by atoms with van der Waals surface area (Å²) in [5.41, 5.74) is 3.84. The van der Waals surface area contributed by atoms with E-state index in [2.05, 4.69) is 29.3 Å². The molecule has 0 radical (unpaired) electrons. The van der Waals surface area contributed by atoms with Crippen molar-refractivity contribution in [1.82, 2.24) is 14.6 Å². The lowest BCUT2D eigenvalue weighted by Crippen LogP contribution is -2.23. The Hall–Kier alpha value is -3.97. The predicted octanol–water partition coefficient (Wildman–Crippen LogP) is 4.26. The quantitative estimate of drug-likeness (QED) is 0.383. The van der Waals surface area contributed by atoms with Gasteiger partial charge in [-0.3, -0.25) is 4.79 Å². The third-order valence-electron chi connectivity index (χ3n) is 5.28. The van der Waals surface area contributed by atoms with Crippen molar-refractivity contribution in [3.8, 4) is 22.9 Å². The van der Waals surface area contributed by atoms with E-state index in [1.807, 2.05) is 66.7 Å². The Bertz CT molecular complexity index is 1520. The molecule has 0 aliphatic heterocycles. The smallest absolute Gasteiger partial charge is 0.276 e. The highest BCUT2D eigenvalue weighted by atomic mass is 32.1. The fraction of sp³-hybridized carbons (Fsp3) is 0.115. The molecule has 2 heterocycles. The molecular formula is C26H21N3O3S. The number of nitrogens with zero attached hydrogens (tertiary/aromatic N) is 3. The average molecular weight is 456 g/mol. The van der Waals surface area contributed by atoms with Crippen molar-refractivity contribution in [2.45, 2.75) is 13.5 Å². The second kappa shape index (κ2) is 8.88. The van der Waals surface area contributed by atoms with Gasteiger partial charge in [0.2, 0.25) is 4.96 Å². The maximum Gasteiger partial charge on any atom is 0.276 e. The maximum atomic E-state index is 13.1. The van der Waals surface area contributed by atoms with Crippen LogP contribution in [-0.4, -0.2) is 21.7 Å². The van der Waals surface area contributed by atoms with Gasteiger partial charge in [0.25, 0.3) is 5.56 Å². The van der Waals surface area contributed by atoms with Gasteiger partial charge < -0.3 is 9.47 Å². The van der Waals surface area contributed by atoms with E-state index < -0.39 is 0 Å². The van der Waals surface area contributed by atoms with E-state index in [4.69, 9.17) is 9.47 Å². The molecule has 0 fully saturated rings. The summed E-state index contributed by atoms with van der Waals surface area (Å²) >= 11 is 1.31. The van der Waals surface area contributed by atoms with Crippen LogP contribution in [0.4, 0.5) is 0 Å². The van der Waals surface area contributed by atoms with Crippen molar-refractivity contribution in [1.29, 1.82) is 0 Å². The van der Waals surface area contributed by atoms with E-state index in [9.17, 15) is 4.79 Å². The number of rotatable bonds is 6. The Morgan fingerprint density at radius 2 is 1.76 bits per heavy atom. The van der Waals surface area contributed by atoms with E-state index in [0.29, 0.717) is 33.4 Å². The molecule has 3 aromatic carbocycles. The summed E-state index contributed by atoms with van der Waals surface area (Å²) in [5.74, 6) is 1.80. The van der Waals surface area contributed by atoms with E-state index in [-0.39, 0.29) is 5.56 Å². The third-order valence-corrected chi connectivity index (χ3v) is 6.24. The van der Waals surface area contributed by atoms with Crippen LogP contribution < -0.4 is 19.6 Å². The minimum Gasteiger partial charge on any atom is -0.493 e. The molecule has 0 spiro atoms. The zero-order chi connectivity index (χ0) is 22.8. The third kappa shape index (κ3) is 4.23. The van der Waals surface area contributed by atoms with Crippen LogP contribution in [0.1, 0.15) is 16.7 Å². The maximum absolute atomic E-state index is 13.1. The van der Waals surface area contributed by atoms with Crippen LogP contribution in [0.3, 0.4) is 0 Å². The molecule has 0 aliphatic carbocycles. The Balaban J connectivity index is 1.45. The van der Waals surface area contributed by atoms with Gasteiger partial charge in [0.05, 0.1) is 11.6 Å². The van der Waals surface area contributed by atoms with Crippen LogP contribution in [0.15, 0.2) is 77.6 Å². The predicted molar refractivity (Wildman–Crippen MR) is 130 cm³/mol. The molecule has 0 saturated heterocycles. The lowest BCUT2D eigenvalue weighted by atomic mass is 10.1. The number of fused-ring (bicyclic) bond motifs is 1. The van der Waals surface area contributed by atoms with Gasteiger partial charge in [-0.05, 0) is 36.3 Å². The number of ether oxygens (including phenoxy) is 2. The molecule has 0 amide bonds. The molecule has 0 bridgehead atoms. The molecule has 164 valence electrons. The van der Waals surface area contributed by atoms with Crippen LogP contribution in [0.25, 0.3) is 22.4 Å². The molecule has 2 aromatic heterocycles. The van der Waals surface area contributed by atoms with Crippen molar-refractivity contribution in [2.24, 2.45) is 0 Å². The molecule has 5 aromatic rings. The van der Waals surface area contributed by atoms with Crippen LogP contribution >= 0.6 is 11.3 Å². The highest BCUT2D eigenvalue weighted by molar-refractivity contribution is 7.15. The molecule has 6 nitrogen and oxygen atoms in total. The van der Waals surface area contributed by atoms with Crippen molar-refractivity contribution in [2.75, 3.05) is 7.11 Å². The molecule has 5 rings (SSSR count). The summed E-state index contributed by atoms with van der Waals surface area (Å²) < 4.78 is 13.6. The molecule has 0 atom stereocenters. The molecule has 0 N–H and O–H groups in total. The Morgan fingerprint density at radius 3 is 2.52 bits per heavy atom. The topological polar surface area (TPSA) is 65.7 Å². The first-order valence-electron chi connectivity index (χ1n) is 10.4. The number of thiazole rings is 1. The number of hydrogen-bond acceptors (Lipinski definition) is 6. The molecule has 0 unspecified atom stereocenters. The molecule has 7 heteroatoms. The van der Waals surface area contributed by atoms with Crippen LogP contribution in [0.5, 0.6) is 11.5 Å². The van der Waals surface area contributed by atoms with Gasteiger partial charge in [0, 0.05) is 5.56 Å². The minimum absolute atomic E-state index is 0.141. The lowest BCUT2D eigenvalue weighted by Gasteiger charge is -2.11. The number of hydrogen-bond donors (Lipinski definition) is 0. The first kappa shape index (κ1) is 20.9. The second-order valence-electron chi connectivity index (χ2n) is 7.61. The summed E-state index contributed by atoms with van der Waals surface area (Å²) in [5, 5.41) is 8.39. The summed E-state index contributed by atoms with van der Waals surface area (Å²) in [4.78, 5) is 13.7. The van der Waals surface area contributed by atoms with Crippen molar-refractivity contribution in [3.63, 3.8) is 0 Å². The summed E-state index contributed by atoms with van der Waals surface area (Å²) in [6.45, 7) is 2.50. The summed E-state index contributed by atoms with van der Waals surface area (Å²) in [6, 6.07) is 23.4. The highest BCUT2D eigenvalue weighted by Gasteiger charge is 2.14. The van der Waals surface area contributed by atoms with Gasteiger partial charge in [-0.1, -0.05) is 77.6 Å². The van der Waals surface area contributed by atoms with Crippen LogP contribution in [0.2, 0.25) is 0 Å². The SMILES string of the molecule is COc1cc(/C=c2/sc3nnc(-c4ccccc4)n3c2=O)ccc1OCc1ccc(C)cc1. The van der Waals surface area contributed by atoms with Crippen LogP contribution in [0, 0.1) is 6.92 Å². The largest absolute Gasteiger partial charge is 0.493 e. The Labute approximate surface area is 194 Å². The fourth-order valence-corrected chi connectivity index (χ4v) is 4.44.